The number of aliphatic carboxylic acids is 1. The van der Waals surface area contributed by atoms with Gasteiger partial charge in [-0.15, -0.1) is 0 Å². The molecule has 82 valence electrons. The summed E-state index contributed by atoms with van der Waals surface area (Å²) in [5.74, 6) is 0.751. The van der Waals surface area contributed by atoms with Gasteiger partial charge in [-0.3, -0.25) is 4.79 Å². The lowest BCUT2D eigenvalue weighted by atomic mass is 10.1. The largest absolute Gasteiger partial charge is 0.481 e. The van der Waals surface area contributed by atoms with Crippen LogP contribution in [-0.4, -0.2) is 21.0 Å². The second-order valence-corrected chi connectivity index (χ2v) is 4.28. The van der Waals surface area contributed by atoms with Crippen molar-refractivity contribution in [3.8, 4) is 0 Å². The van der Waals surface area contributed by atoms with Crippen LogP contribution in [0.4, 0.5) is 0 Å². The fraction of sp³-hybridized carbons (Fsp3) is 0.333. The van der Waals surface area contributed by atoms with Crippen molar-refractivity contribution < 1.29 is 9.90 Å². The van der Waals surface area contributed by atoms with E-state index in [0.717, 1.165) is 22.4 Å². The van der Waals surface area contributed by atoms with Gasteiger partial charge < -0.3 is 10.1 Å². The third-order valence-corrected chi connectivity index (χ3v) is 2.92. The summed E-state index contributed by atoms with van der Waals surface area (Å²) in [5.41, 5.74) is 2.54. The van der Waals surface area contributed by atoms with Crippen LogP contribution in [0.1, 0.15) is 30.1 Å². The first kappa shape index (κ1) is 9.39. The highest BCUT2D eigenvalue weighted by Gasteiger charge is 2.27. The van der Waals surface area contributed by atoms with E-state index in [1.807, 2.05) is 18.2 Å². The molecule has 0 saturated heterocycles. The Hall–Kier alpha value is -1.84. The Bertz CT molecular complexity index is 555. The van der Waals surface area contributed by atoms with Crippen LogP contribution in [0.15, 0.2) is 18.2 Å². The first-order valence-corrected chi connectivity index (χ1v) is 5.43. The molecule has 1 aliphatic rings. The summed E-state index contributed by atoms with van der Waals surface area (Å²) in [4.78, 5) is 18.5. The van der Waals surface area contributed by atoms with Crippen molar-refractivity contribution in [1.82, 2.24) is 9.97 Å². The van der Waals surface area contributed by atoms with E-state index in [1.54, 1.807) is 0 Å². The number of carboxylic acid groups (broad SMARTS) is 1. The molecular weight excluding hydrogens is 204 g/mol. The summed E-state index contributed by atoms with van der Waals surface area (Å²) >= 11 is 0. The van der Waals surface area contributed by atoms with Crippen molar-refractivity contribution in [2.75, 3.05) is 0 Å². The predicted octanol–water partition coefficient (Wildman–Crippen LogP) is 2.07. The number of aromatic amines is 1. The lowest BCUT2D eigenvalue weighted by Gasteiger charge is -1.96. The zero-order chi connectivity index (χ0) is 11.1. The van der Waals surface area contributed by atoms with E-state index in [4.69, 9.17) is 5.11 Å². The summed E-state index contributed by atoms with van der Waals surface area (Å²) in [6.07, 6.45) is 2.41. The normalized spacial score (nSPS) is 15.5. The number of carbonyl (C=O) groups is 1. The Labute approximate surface area is 92.3 Å². The predicted molar refractivity (Wildman–Crippen MR) is 59.4 cm³/mol. The van der Waals surface area contributed by atoms with Gasteiger partial charge in [0.25, 0.3) is 0 Å². The number of rotatable bonds is 3. The quantitative estimate of drug-likeness (QED) is 0.825. The number of H-pyrrole nitrogens is 1. The van der Waals surface area contributed by atoms with Gasteiger partial charge in [-0.25, -0.2) is 4.98 Å². The number of hydrogen-bond donors (Lipinski definition) is 2. The van der Waals surface area contributed by atoms with Crippen LogP contribution >= 0.6 is 0 Å². The van der Waals surface area contributed by atoms with Crippen LogP contribution in [0.2, 0.25) is 0 Å². The Morgan fingerprint density at radius 3 is 3.00 bits per heavy atom. The number of aromatic nitrogens is 2. The number of nitrogens with one attached hydrogen (secondary N) is 1. The second kappa shape index (κ2) is 3.33. The van der Waals surface area contributed by atoms with E-state index in [1.165, 1.54) is 12.8 Å². The number of benzene rings is 1. The van der Waals surface area contributed by atoms with Crippen LogP contribution in [0.5, 0.6) is 0 Å². The summed E-state index contributed by atoms with van der Waals surface area (Å²) < 4.78 is 0. The molecule has 4 heteroatoms. The Kier molecular flexibility index (Phi) is 1.96. The van der Waals surface area contributed by atoms with Gasteiger partial charge in [-0.2, -0.15) is 0 Å². The maximum atomic E-state index is 10.7. The molecule has 1 fully saturated rings. The van der Waals surface area contributed by atoms with Gasteiger partial charge in [0.05, 0.1) is 17.5 Å². The molecule has 3 rings (SSSR count). The van der Waals surface area contributed by atoms with Crippen LogP contribution in [0.25, 0.3) is 11.0 Å². The highest BCUT2D eigenvalue weighted by atomic mass is 16.4. The van der Waals surface area contributed by atoms with E-state index in [9.17, 15) is 4.79 Å². The monoisotopic (exact) mass is 216 g/mol. The van der Waals surface area contributed by atoms with Gasteiger partial charge >= 0.3 is 5.97 Å². The lowest BCUT2D eigenvalue weighted by Crippen LogP contribution is -2.00. The standard InChI is InChI=1S/C12H12N2O2/c15-10(16)6-8-2-1-3-9-11(8)14-12(13-9)7-4-5-7/h1-3,7H,4-6H2,(H,13,14)(H,15,16). The van der Waals surface area contributed by atoms with Crippen molar-refractivity contribution in [3.63, 3.8) is 0 Å². The molecule has 2 aromatic rings. The maximum absolute atomic E-state index is 10.7. The smallest absolute Gasteiger partial charge is 0.307 e. The third kappa shape index (κ3) is 1.56. The molecule has 1 saturated carbocycles. The van der Waals surface area contributed by atoms with Gasteiger partial charge in [0.1, 0.15) is 5.82 Å². The zero-order valence-corrected chi connectivity index (χ0v) is 8.73. The molecule has 0 atom stereocenters. The number of fused-ring (bicyclic) bond motifs is 1. The average Bonchev–Trinajstić information content (AvgIpc) is 2.98. The fourth-order valence-electron chi connectivity index (χ4n) is 1.97. The van der Waals surface area contributed by atoms with E-state index < -0.39 is 5.97 Å². The summed E-state index contributed by atoms with van der Waals surface area (Å²) in [6, 6.07) is 5.64. The number of carboxylic acids is 1. The van der Waals surface area contributed by atoms with Crippen LogP contribution in [0.3, 0.4) is 0 Å². The zero-order valence-electron chi connectivity index (χ0n) is 8.73. The van der Waals surface area contributed by atoms with Crippen molar-refractivity contribution in [2.45, 2.75) is 25.2 Å². The maximum Gasteiger partial charge on any atom is 0.307 e. The van der Waals surface area contributed by atoms with E-state index in [2.05, 4.69) is 9.97 Å². The van der Waals surface area contributed by atoms with Crippen molar-refractivity contribution in [1.29, 1.82) is 0 Å². The molecule has 0 bridgehead atoms. The molecule has 2 N–H and O–H groups in total. The van der Waals surface area contributed by atoms with Gasteiger partial charge in [0, 0.05) is 5.92 Å². The molecule has 0 spiro atoms. The minimum Gasteiger partial charge on any atom is -0.481 e. The van der Waals surface area contributed by atoms with Crippen molar-refractivity contribution >= 4 is 17.0 Å². The second-order valence-electron chi connectivity index (χ2n) is 4.28. The summed E-state index contributed by atoms with van der Waals surface area (Å²) in [7, 11) is 0. The Morgan fingerprint density at radius 1 is 1.50 bits per heavy atom. The minimum atomic E-state index is -0.816. The Balaban J connectivity index is 2.09. The van der Waals surface area contributed by atoms with E-state index in [0.29, 0.717) is 5.92 Å². The highest BCUT2D eigenvalue weighted by molar-refractivity contribution is 5.83. The highest BCUT2D eigenvalue weighted by Crippen LogP contribution is 2.39. The SMILES string of the molecule is O=C(O)Cc1cccc2[nH]c(C3CC3)nc12. The first-order chi connectivity index (χ1) is 7.74. The number of para-hydroxylation sites is 1. The molecule has 4 nitrogen and oxygen atoms in total. The van der Waals surface area contributed by atoms with Crippen molar-refractivity contribution in [3.05, 3.63) is 29.6 Å². The first-order valence-electron chi connectivity index (χ1n) is 5.43. The van der Waals surface area contributed by atoms with E-state index >= 15 is 0 Å². The van der Waals surface area contributed by atoms with Crippen LogP contribution in [0, 0.1) is 0 Å². The van der Waals surface area contributed by atoms with E-state index in [-0.39, 0.29) is 6.42 Å². The Morgan fingerprint density at radius 2 is 2.31 bits per heavy atom. The molecule has 1 aliphatic carbocycles. The van der Waals surface area contributed by atoms with Gasteiger partial charge in [-0.1, -0.05) is 12.1 Å². The molecule has 0 unspecified atom stereocenters. The summed E-state index contributed by atoms with van der Waals surface area (Å²) in [5, 5.41) is 8.82. The minimum absolute atomic E-state index is 0.0340. The molecule has 16 heavy (non-hydrogen) atoms. The number of nitrogens with zero attached hydrogens (tertiary/aromatic N) is 1. The van der Waals surface area contributed by atoms with Crippen LogP contribution in [-0.2, 0) is 11.2 Å². The lowest BCUT2D eigenvalue weighted by molar-refractivity contribution is -0.136. The van der Waals surface area contributed by atoms with Gasteiger partial charge in [0.15, 0.2) is 0 Å². The molecule has 1 aromatic carbocycles. The topological polar surface area (TPSA) is 66.0 Å². The number of imidazole rings is 1. The van der Waals surface area contributed by atoms with Crippen molar-refractivity contribution in [2.24, 2.45) is 0 Å². The molecule has 0 amide bonds. The molecule has 0 radical (unpaired) electrons. The van der Waals surface area contributed by atoms with Gasteiger partial charge in [0.2, 0.25) is 0 Å². The summed E-state index contributed by atoms with van der Waals surface area (Å²) in [6.45, 7) is 0. The molecule has 0 aliphatic heterocycles. The molecule has 1 aromatic heterocycles. The average molecular weight is 216 g/mol. The molecule has 1 heterocycles. The van der Waals surface area contributed by atoms with Crippen LogP contribution < -0.4 is 0 Å². The fourth-order valence-corrected chi connectivity index (χ4v) is 1.97. The molecular formula is C12H12N2O2. The number of hydrogen-bond acceptors (Lipinski definition) is 2. The van der Waals surface area contributed by atoms with Gasteiger partial charge in [-0.05, 0) is 24.5 Å². The third-order valence-electron chi connectivity index (χ3n) is 2.92.